The van der Waals surface area contributed by atoms with Gasteiger partial charge in [-0.05, 0) is 35.7 Å². The van der Waals surface area contributed by atoms with Crippen LogP contribution in [0.2, 0.25) is 0 Å². The third-order valence-electron chi connectivity index (χ3n) is 2.60. The lowest BCUT2D eigenvalue weighted by atomic mass is 10.00. The number of thiophene rings is 1. The maximum Gasteiger partial charge on any atom is 0.329 e. The van der Waals surface area contributed by atoms with Gasteiger partial charge in [-0.15, -0.1) is 0 Å². The van der Waals surface area contributed by atoms with Crippen LogP contribution in [0.15, 0.2) is 16.8 Å². The maximum atomic E-state index is 11.5. The number of amides is 2. The summed E-state index contributed by atoms with van der Waals surface area (Å²) < 4.78 is 0. The summed E-state index contributed by atoms with van der Waals surface area (Å²) in [5.41, 5.74) is -0.225. The Bertz CT molecular complexity index is 391. The van der Waals surface area contributed by atoms with Crippen LogP contribution in [0.25, 0.3) is 0 Å². The number of urea groups is 1. The summed E-state index contributed by atoms with van der Waals surface area (Å²) in [4.78, 5) is 22.5. The van der Waals surface area contributed by atoms with E-state index in [2.05, 4.69) is 10.6 Å². The highest BCUT2D eigenvalue weighted by atomic mass is 32.1. The van der Waals surface area contributed by atoms with E-state index in [1.54, 1.807) is 18.3 Å². The summed E-state index contributed by atoms with van der Waals surface area (Å²) in [6, 6.07) is 1.43. The SMILES string of the molecule is CCC(C)(NC(=O)NCc1ccsc1)C(=O)O. The fourth-order valence-corrected chi connectivity index (χ4v) is 1.83. The van der Waals surface area contributed by atoms with Crippen molar-refractivity contribution in [1.82, 2.24) is 10.6 Å². The van der Waals surface area contributed by atoms with Gasteiger partial charge in [0.2, 0.25) is 0 Å². The van der Waals surface area contributed by atoms with Gasteiger partial charge < -0.3 is 15.7 Å². The van der Waals surface area contributed by atoms with Gasteiger partial charge in [0.1, 0.15) is 5.54 Å². The predicted molar refractivity (Wildman–Crippen MR) is 66.0 cm³/mol. The summed E-state index contributed by atoms with van der Waals surface area (Å²) in [6.45, 7) is 3.60. The monoisotopic (exact) mass is 256 g/mol. The van der Waals surface area contributed by atoms with Gasteiger partial charge >= 0.3 is 12.0 Å². The van der Waals surface area contributed by atoms with Crippen LogP contribution in [-0.2, 0) is 11.3 Å². The number of nitrogens with one attached hydrogen (secondary N) is 2. The van der Waals surface area contributed by atoms with Crippen molar-refractivity contribution < 1.29 is 14.7 Å². The molecule has 1 heterocycles. The molecule has 3 N–H and O–H groups in total. The number of aliphatic carboxylic acids is 1. The van der Waals surface area contributed by atoms with Crippen LogP contribution >= 0.6 is 11.3 Å². The zero-order valence-electron chi connectivity index (χ0n) is 9.82. The van der Waals surface area contributed by atoms with E-state index in [1.807, 2.05) is 16.8 Å². The lowest BCUT2D eigenvalue weighted by molar-refractivity contribution is -0.143. The molecule has 0 aliphatic rings. The van der Waals surface area contributed by atoms with E-state index < -0.39 is 17.5 Å². The third kappa shape index (κ3) is 3.74. The Kier molecular flexibility index (Phi) is 4.51. The van der Waals surface area contributed by atoms with Gasteiger partial charge in [0, 0.05) is 6.54 Å². The van der Waals surface area contributed by atoms with Gasteiger partial charge in [-0.1, -0.05) is 6.92 Å². The van der Waals surface area contributed by atoms with Gasteiger partial charge in [0.15, 0.2) is 0 Å². The summed E-state index contributed by atoms with van der Waals surface area (Å²) in [5, 5.41) is 17.9. The van der Waals surface area contributed by atoms with E-state index in [4.69, 9.17) is 5.11 Å². The molecule has 17 heavy (non-hydrogen) atoms. The van der Waals surface area contributed by atoms with Crippen LogP contribution < -0.4 is 10.6 Å². The third-order valence-corrected chi connectivity index (χ3v) is 3.33. The summed E-state index contributed by atoms with van der Waals surface area (Å²) in [5.74, 6) is -1.04. The molecule has 1 rings (SSSR count). The summed E-state index contributed by atoms with van der Waals surface area (Å²) in [6.07, 6.45) is 0.328. The van der Waals surface area contributed by atoms with E-state index in [9.17, 15) is 9.59 Å². The van der Waals surface area contributed by atoms with Crippen LogP contribution in [0.5, 0.6) is 0 Å². The number of hydrogen-bond acceptors (Lipinski definition) is 3. The second-order valence-electron chi connectivity index (χ2n) is 3.93. The van der Waals surface area contributed by atoms with Crippen molar-refractivity contribution >= 4 is 23.3 Å². The highest BCUT2D eigenvalue weighted by Gasteiger charge is 2.32. The molecule has 0 aliphatic heterocycles. The van der Waals surface area contributed by atoms with E-state index in [1.165, 1.54) is 6.92 Å². The minimum absolute atomic E-state index is 0.328. The molecule has 0 aliphatic carbocycles. The zero-order valence-corrected chi connectivity index (χ0v) is 10.6. The first-order valence-electron chi connectivity index (χ1n) is 5.28. The molecule has 0 aromatic carbocycles. The molecule has 1 atom stereocenters. The minimum Gasteiger partial charge on any atom is -0.480 e. The number of carbonyl (C=O) groups excluding carboxylic acids is 1. The Morgan fingerprint density at radius 2 is 2.24 bits per heavy atom. The average molecular weight is 256 g/mol. The summed E-state index contributed by atoms with van der Waals surface area (Å²) in [7, 11) is 0. The average Bonchev–Trinajstić information content (AvgIpc) is 2.78. The Balaban J connectivity index is 2.46. The van der Waals surface area contributed by atoms with Crippen molar-refractivity contribution in [2.24, 2.45) is 0 Å². The standard InChI is InChI=1S/C11H16N2O3S/c1-3-11(2,9(14)15)13-10(16)12-6-8-4-5-17-7-8/h4-5,7H,3,6H2,1-2H3,(H,14,15)(H2,12,13,16). The minimum atomic E-state index is -1.22. The fourth-order valence-electron chi connectivity index (χ4n) is 1.16. The van der Waals surface area contributed by atoms with Gasteiger partial charge in [-0.25, -0.2) is 9.59 Å². The van der Waals surface area contributed by atoms with Crippen molar-refractivity contribution in [1.29, 1.82) is 0 Å². The highest BCUT2D eigenvalue weighted by Crippen LogP contribution is 2.09. The van der Waals surface area contributed by atoms with Crippen LogP contribution in [0.1, 0.15) is 25.8 Å². The molecule has 5 nitrogen and oxygen atoms in total. The molecule has 0 spiro atoms. The fraction of sp³-hybridized carbons (Fsp3) is 0.455. The van der Waals surface area contributed by atoms with Crippen LogP contribution in [0.3, 0.4) is 0 Å². The second-order valence-corrected chi connectivity index (χ2v) is 4.71. The predicted octanol–water partition coefficient (Wildman–Crippen LogP) is 1.80. The first kappa shape index (κ1) is 13.5. The van der Waals surface area contributed by atoms with E-state index in [0.29, 0.717) is 13.0 Å². The lowest BCUT2D eigenvalue weighted by Gasteiger charge is -2.24. The molecule has 0 radical (unpaired) electrons. The largest absolute Gasteiger partial charge is 0.480 e. The quantitative estimate of drug-likeness (QED) is 0.751. The molecule has 6 heteroatoms. The van der Waals surface area contributed by atoms with Crippen LogP contribution in [0.4, 0.5) is 4.79 Å². The van der Waals surface area contributed by atoms with Gasteiger partial charge in [-0.2, -0.15) is 11.3 Å². The Labute approximate surface area is 104 Å². The van der Waals surface area contributed by atoms with Crippen molar-refractivity contribution in [2.45, 2.75) is 32.4 Å². The molecule has 1 aromatic rings. The Morgan fingerprint density at radius 1 is 1.53 bits per heavy atom. The topological polar surface area (TPSA) is 78.4 Å². The van der Waals surface area contributed by atoms with E-state index in [0.717, 1.165) is 5.56 Å². The molecule has 1 aromatic heterocycles. The number of carboxylic acids is 1. The van der Waals surface area contributed by atoms with Crippen LogP contribution in [-0.4, -0.2) is 22.6 Å². The molecule has 94 valence electrons. The van der Waals surface area contributed by atoms with E-state index in [-0.39, 0.29) is 0 Å². The van der Waals surface area contributed by atoms with Crippen molar-refractivity contribution in [2.75, 3.05) is 0 Å². The number of rotatable bonds is 5. The number of carbonyl (C=O) groups is 2. The second kappa shape index (κ2) is 5.67. The first-order valence-corrected chi connectivity index (χ1v) is 6.22. The number of carboxylic acid groups (broad SMARTS) is 1. The molecule has 0 fully saturated rings. The maximum absolute atomic E-state index is 11.5. The Morgan fingerprint density at radius 3 is 2.71 bits per heavy atom. The molecule has 0 bridgehead atoms. The molecule has 0 saturated carbocycles. The van der Waals surface area contributed by atoms with Crippen molar-refractivity contribution in [3.05, 3.63) is 22.4 Å². The summed E-state index contributed by atoms with van der Waals surface area (Å²) >= 11 is 1.55. The van der Waals surface area contributed by atoms with Gasteiger partial charge in [0.05, 0.1) is 0 Å². The molecule has 0 saturated heterocycles. The molecular formula is C11H16N2O3S. The smallest absolute Gasteiger partial charge is 0.329 e. The van der Waals surface area contributed by atoms with Crippen LogP contribution in [0, 0.1) is 0 Å². The molecular weight excluding hydrogens is 240 g/mol. The van der Waals surface area contributed by atoms with E-state index >= 15 is 0 Å². The highest BCUT2D eigenvalue weighted by molar-refractivity contribution is 7.07. The van der Waals surface area contributed by atoms with Crippen molar-refractivity contribution in [3.63, 3.8) is 0 Å². The van der Waals surface area contributed by atoms with Gasteiger partial charge in [-0.3, -0.25) is 0 Å². The number of hydrogen-bond donors (Lipinski definition) is 3. The first-order chi connectivity index (χ1) is 7.98. The lowest BCUT2D eigenvalue weighted by Crippen LogP contribution is -2.54. The zero-order chi connectivity index (χ0) is 12.9. The van der Waals surface area contributed by atoms with Crippen molar-refractivity contribution in [3.8, 4) is 0 Å². The van der Waals surface area contributed by atoms with Gasteiger partial charge in [0.25, 0.3) is 0 Å². The Hall–Kier alpha value is -1.56. The normalized spacial score (nSPS) is 13.8. The molecule has 1 unspecified atom stereocenters. The molecule has 2 amide bonds.